The van der Waals surface area contributed by atoms with Crippen LogP contribution in [0.4, 0.5) is 0 Å². The lowest BCUT2D eigenvalue weighted by molar-refractivity contribution is 0.0808. The van der Waals surface area contributed by atoms with E-state index in [4.69, 9.17) is 4.74 Å². The molecule has 8 aromatic rings. The number of aliphatic hydroxyl groups excluding tert-OH is 1. The van der Waals surface area contributed by atoms with E-state index in [2.05, 4.69) is 24.9 Å². The van der Waals surface area contributed by atoms with E-state index in [0.717, 1.165) is 42.0 Å². The molecule has 0 spiro atoms. The van der Waals surface area contributed by atoms with E-state index < -0.39 is 46.3 Å². The maximum Gasteiger partial charge on any atom is 0.252 e. The molecule has 5 heterocycles. The highest BCUT2D eigenvalue weighted by Crippen LogP contribution is 2.39. The minimum absolute atomic E-state index is 0. The first-order valence-electron chi connectivity index (χ1n) is 26.7. The molecule has 18 nitrogen and oxygen atoms in total. The fourth-order valence-corrected chi connectivity index (χ4v) is 10.9. The molecule has 1 unspecified atom stereocenters. The van der Waals surface area contributed by atoms with Crippen LogP contribution in [-0.2, 0) is 24.8 Å². The third-order valence-corrected chi connectivity index (χ3v) is 14.7. The van der Waals surface area contributed by atoms with E-state index in [1.165, 1.54) is 0 Å². The second-order valence-corrected chi connectivity index (χ2v) is 20.8. The van der Waals surface area contributed by atoms with E-state index in [1.807, 2.05) is 95.5 Å². The molecule has 4 aromatic carbocycles. The van der Waals surface area contributed by atoms with Gasteiger partial charge in [0.25, 0.3) is 23.1 Å². The van der Waals surface area contributed by atoms with Gasteiger partial charge in [-0.3, -0.25) is 38.4 Å². The summed E-state index contributed by atoms with van der Waals surface area (Å²) in [6, 6.07) is 28.5. The number of H-pyrrole nitrogens is 1. The SMILES string of the molecule is C.C.C.C.CC(C)c1nc2c(n1C(C)C)C(=O)C(=O)c1ccccc1-2.CC(C)c1nc2c(n1CCO)C(=O)C(=O)c1ccccc1-2.CCc1nc2c(n1C)C(=O)C(=O)c1ccccc1-2.O=C1C(=O)c2[nH]c(C3CCCO3)nc2-c2ccccc21. The van der Waals surface area contributed by atoms with E-state index in [0.29, 0.717) is 97.2 Å². The Bertz CT molecular complexity index is 3920. The minimum atomic E-state index is -0.545. The number of nitrogens with zero attached hydrogens (tertiary/aromatic N) is 7. The highest BCUT2D eigenvalue weighted by molar-refractivity contribution is 6.54. The average Bonchev–Trinajstić information content (AvgIpc) is 2.35. The predicted molar refractivity (Wildman–Crippen MR) is 323 cm³/mol. The van der Waals surface area contributed by atoms with E-state index in [-0.39, 0.29) is 66.8 Å². The zero-order valence-electron chi connectivity index (χ0n) is 45.5. The third-order valence-electron chi connectivity index (χ3n) is 14.7. The van der Waals surface area contributed by atoms with Crippen LogP contribution in [0.5, 0.6) is 0 Å². The minimum Gasteiger partial charge on any atom is -0.395 e. The van der Waals surface area contributed by atoms with E-state index >= 15 is 0 Å². The van der Waals surface area contributed by atoms with Gasteiger partial charge in [-0.05, 0) is 26.7 Å². The lowest BCUT2D eigenvalue weighted by Crippen LogP contribution is -2.25. The van der Waals surface area contributed by atoms with Crippen molar-refractivity contribution in [3.8, 4) is 45.0 Å². The van der Waals surface area contributed by atoms with Crippen LogP contribution in [0.15, 0.2) is 97.1 Å². The van der Waals surface area contributed by atoms with Gasteiger partial charge in [-0.15, -0.1) is 0 Å². The van der Waals surface area contributed by atoms with Crippen LogP contribution < -0.4 is 0 Å². The van der Waals surface area contributed by atoms with Gasteiger partial charge in [-0.25, -0.2) is 19.9 Å². The van der Waals surface area contributed by atoms with Gasteiger partial charge in [0.2, 0.25) is 23.1 Å². The topological polar surface area (TPSA) is 248 Å². The summed E-state index contributed by atoms with van der Waals surface area (Å²) in [5.74, 6) is -0.516. The maximum absolute atomic E-state index is 12.5. The van der Waals surface area contributed by atoms with Gasteiger partial charge in [0, 0.05) is 89.0 Å². The summed E-state index contributed by atoms with van der Waals surface area (Å²) < 4.78 is 10.9. The number of carbonyl (C=O) groups is 8. The normalized spacial score (nSPS) is 14.7. The van der Waals surface area contributed by atoms with Gasteiger partial charge >= 0.3 is 0 Å². The molecule has 0 saturated carbocycles. The molecule has 1 atom stereocenters. The molecule has 84 heavy (non-hydrogen) atoms. The molecule has 1 aliphatic heterocycles. The molecule has 18 heteroatoms. The number of nitrogens with one attached hydrogen (secondary N) is 1. The smallest absolute Gasteiger partial charge is 0.252 e. The van der Waals surface area contributed by atoms with Crippen molar-refractivity contribution in [1.82, 2.24) is 38.6 Å². The number of aromatic nitrogens is 8. The van der Waals surface area contributed by atoms with Gasteiger partial charge < -0.3 is 28.5 Å². The number of carbonyl (C=O) groups excluding carboxylic acids is 8. The van der Waals surface area contributed by atoms with Crippen LogP contribution in [0.2, 0.25) is 0 Å². The number of hydrogen-bond acceptors (Lipinski definition) is 14. The summed E-state index contributed by atoms with van der Waals surface area (Å²) >= 11 is 0. The zero-order chi connectivity index (χ0) is 57.0. The molecular weight excluding hydrogens is 1060 g/mol. The van der Waals surface area contributed by atoms with Crippen molar-refractivity contribution < 1.29 is 48.2 Å². The molecule has 0 bridgehead atoms. The molecule has 5 aliphatic rings. The molecule has 1 saturated heterocycles. The summed E-state index contributed by atoms with van der Waals surface area (Å²) in [6.45, 7) is 14.9. The molecule has 1 fully saturated rings. The highest BCUT2D eigenvalue weighted by Gasteiger charge is 2.40. The van der Waals surface area contributed by atoms with E-state index in [1.54, 1.807) is 70.8 Å². The number of ketones is 8. The molecule has 0 amide bonds. The van der Waals surface area contributed by atoms with Crippen LogP contribution in [0.3, 0.4) is 0 Å². The Kier molecular flexibility index (Phi) is 19.6. The number of fused-ring (bicyclic) bond motifs is 12. The number of ether oxygens (including phenoxy) is 1. The summed E-state index contributed by atoms with van der Waals surface area (Å²) in [4.78, 5) is 119. The standard InChI is InChI=1S/C17H18N2O2.C16H16N2O3.C15H12N2O3.C14H12N2O2.4CH4/c1-9(2)17-18-13-11-7-5-6-8-12(11)15(20)16(21)14(13)19(17)10(3)4;1-9(2)16-17-12-10-5-3-4-6-11(10)14(20)15(21)13(12)18(16)7-8-19;18-13-9-5-2-1-4-8(9)11-12(14(13)19)17-15(16-11)10-6-3-7-20-10;1-3-10-15-11-8-6-4-5-7-9(8)13(17)14(18)12(11)16(10)2;;;;/h5-10H,1-4H3;3-6,9,19H,7-8H2,1-2H3;1-2,4-5,10H,3,6-7H2,(H,16,17);4-7H,3H2,1-2H3;4*1H4. The molecule has 4 aromatic heterocycles. The number of hydrogen-bond donors (Lipinski definition) is 2. The average molecular weight is 1140 g/mol. The number of aliphatic hydroxyl groups is 1. The number of rotatable bonds is 7. The lowest BCUT2D eigenvalue weighted by Gasteiger charge is -2.19. The number of imidazole rings is 4. The molecular formula is C66H74N8O10. The molecule has 438 valence electrons. The maximum atomic E-state index is 12.5. The van der Waals surface area contributed by atoms with Crippen molar-refractivity contribution >= 4 is 46.3 Å². The quantitative estimate of drug-likeness (QED) is 0.141. The second kappa shape index (κ2) is 25.6. The van der Waals surface area contributed by atoms with Crippen molar-refractivity contribution in [1.29, 1.82) is 0 Å². The summed E-state index contributed by atoms with van der Waals surface area (Å²) in [5, 5.41) is 9.25. The number of aryl methyl sites for hydroxylation is 1. The number of Topliss-reactive ketones (excluding diaryl/α,β-unsaturated/α-hetero) is 8. The van der Waals surface area contributed by atoms with Gasteiger partial charge in [-0.2, -0.15) is 0 Å². The van der Waals surface area contributed by atoms with Gasteiger partial charge in [0.15, 0.2) is 0 Å². The van der Waals surface area contributed by atoms with Crippen LogP contribution in [-0.4, -0.2) is 103 Å². The predicted octanol–water partition coefficient (Wildman–Crippen LogP) is 12.6. The van der Waals surface area contributed by atoms with Crippen molar-refractivity contribution in [3.63, 3.8) is 0 Å². The Hall–Kier alpha value is -9.00. The van der Waals surface area contributed by atoms with Gasteiger partial charge in [0.05, 0.1) is 6.61 Å². The first-order chi connectivity index (χ1) is 38.4. The molecule has 0 radical (unpaired) electrons. The Morgan fingerprint density at radius 3 is 1.36 bits per heavy atom. The Morgan fingerprint density at radius 2 is 0.929 bits per heavy atom. The van der Waals surface area contributed by atoms with Crippen LogP contribution in [0.25, 0.3) is 45.0 Å². The van der Waals surface area contributed by atoms with Crippen molar-refractivity contribution in [2.75, 3.05) is 13.2 Å². The first-order valence-corrected chi connectivity index (χ1v) is 26.7. The van der Waals surface area contributed by atoms with Crippen LogP contribution in [0.1, 0.15) is 222 Å². The van der Waals surface area contributed by atoms with Crippen LogP contribution >= 0.6 is 0 Å². The van der Waals surface area contributed by atoms with Gasteiger partial charge in [-0.1, -0.05) is 161 Å². The van der Waals surface area contributed by atoms with Crippen molar-refractivity contribution in [3.05, 3.63) is 165 Å². The fraction of sp³-hybridized carbons (Fsp3) is 0.333. The summed E-state index contributed by atoms with van der Waals surface area (Å²) in [5.41, 5.74) is 8.51. The first kappa shape index (κ1) is 64.2. The number of benzene rings is 4. The lowest BCUT2D eigenvalue weighted by atomic mass is 9.90. The highest BCUT2D eigenvalue weighted by atomic mass is 16.5. The summed E-state index contributed by atoms with van der Waals surface area (Å²) in [6.07, 6.45) is 2.50. The van der Waals surface area contributed by atoms with Crippen LogP contribution in [0, 0.1) is 0 Å². The molecule has 13 rings (SSSR count). The molecule has 4 aliphatic carbocycles. The van der Waals surface area contributed by atoms with Crippen molar-refractivity contribution in [2.24, 2.45) is 7.05 Å². The third kappa shape index (κ3) is 10.8. The van der Waals surface area contributed by atoms with E-state index in [9.17, 15) is 43.5 Å². The van der Waals surface area contributed by atoms with Crippen molar-refractivity contribution in [2.45, 2.75) is 128 Å². The number of aromatic amines is 1. The second-order valence-electron chi connectivity index (χ2n) is 20.8. The monoisotopic (exact) mass is 1140 g/mol. The molecule has 2 N–H and O–H groups in total. The summed E-state index contributed by atoms with van der Waals surface area (Å²) in [7, 11) is 1.78. The Balaban J connectivity index is 0.000000177. The zero-order valence-corrected chi connectivity index (χ0v) is 45.5. The van der Waals surface area contributed by atoms with Gasteiger partial charge in [0.1, 0.15) is 75.0 Å². The fourth-order valence-electron chi connectivity index (χ4n) is 10.9. The Morgan fingerprint density at radius 1 is 0.524 bits per heavy atom. The largest absolute Gasteiger partial charge is 0.395 e. The Labute approximate surface area is 489 Å².